The fourth-order valence-electron chi connectivity index (χ4n) is 5.92. The molecule has 0 bridgehead atoms. The van der Waals surface area contributed by atoms with E-state index in [0.717, 1.165) is 18.4 Å². The van der Waals surface area contributed by atoms with E-state index in [-0.39, 0.29) is 17.8 Å². The van der Waals surface area contributed by atoms with Gasteiger partial charge in [-0.1, -0.05) is 78.4 Å². The lowest BCUT2D eigenvalue weighted by molar-refractivity contribution is -0.127. The third-order valence-corrected chi connectivity index (χ3v) is 7.35. The molecule has 0 radical (unpaired) electrons. The number of Topliss-reactive ketones (excluding diaryl/α,β-unsaturated/α-hetero) is 1. The van der Waals surface area contributed by atoms with Crippen molar-refractivity contribution in [3.8, 4) is 0 Å². The van der Waals surface area contributed by atoms with Crippen molar-refractivity contribution in [3.63, 3.8) is 0 Å². The number of fused-ring (bicyclic) bond motifs is 2. The standard InChI is InChI=1S/C33H39NO2/c1-23-19-24(2)30-21-33(5,36-26(4)32(25(3)35)28-14-8-7-9-15-28)22-34(6)31-18-11-10-13-27(31)16-12-17-29(30)20-23/h7-16,18-20,26,32H,17,21-22H2,1-6H3/b16-12-. The molecule has 188 valence electrons. The molecule has 1 aliphatic rings. The predicted molar refractivity (Wildman–Crippen MR) is 151 cm³/mol. The van der Waals surface area contributed by atoms with Crippen LogP contribution in [0.2, 0.25) is 0 Å². The van der Waals surface area contributed by atoms with Crippen molar-refractivity contribution in [2.45, 2.75) is 65.1 Å². The van der Waals surface area contributed by atoms with E-state index in [1.165, 1.54) is 33.5 Å². The number of carbonyl (C=O) groups excluding carboxylic acids is 1. The smallest absolute Gasteiger partial charge is 0.139 e. The quantitative estimate of drug-likeness (QED) is 0.390. The van der Waals surface area contributed by atoms with Crippen molar-refractivity contribution in [3.05, 3.63) is 106 Å². The molecule has 3 nitrogen and oxygen atoms in total. The van der Waals surface area contributed by atoms with E-state index >= 15 is 0 Å². The molecule has 3 unspecified atom stereocenters. The minimum atomic E-state index is -0.511. The molecule has 0 saturated carbocycles. The van der Waals surface area contributed by atoms with Gasteiger partial charge in [0, 0.05) is 25.7 Å². The van der Waals surface area contributed by atoms with Crippen LogP contribution < -0.4 is 4.90 Å². The number of para-hydroxylation sites is 1. The number of hydrogen-bond acceptors (Lipinski definition) is 3. The third-order valence-electron chi connectivity index (χ3n) is 7.35. The summed E-state index contributed by atoms with van der Waals surface area (Å²) in [4.78, 5) is 15.1. The van der Waals surface area contributed by atoms with E-state index < -0.39 is 5.60 Å². The fraction of sp³-hybridized carbons (Fsp3) is 0.364. The Balaban J connectivity index is 1.77. The van der Waals surface area contributed by atoms with Crippen LogP contribution >= 0.6 is 0 Å². The van der Waals surface area contributed by atoms with E-state index in [1.54, 1.807) is 6.92 Å². The number of allylic oxidation sites excluding steroid dienone is 1. The summed E-state index contributed by atoms with van der Waals surface area (Å²) >= 11 is 0. The molecule has 3 atom stereocenters. The van der Waals surface area contributed by atoms with E-state index in [1.807, 2.05) is 37.3 Å². The first-order valence-corrected chi connectivity index (χ1v) is 13.0. The molecule has 3 heteroatoms. The SMILES string of the molecule is CC(=O)C(c1ccccc1)C(C)OC1(C)Cc2c(C)cc(C)cc2C/C=C\c2ccccc2N(C)C1. The first kappa shape index (κ1) is 25.9. The molecule has 1 heterocycles. The lowest BCUT2D eigenvalue weighted by Crippen LogP contribution is -2.47. The van der Waals surface area contributed by atoms with Gasteiger partial charge in [-0.3, -0.25) is 4.79 Å². The number of benzene rings is 3. The number of nitrogens with zero attached hydrogens (tertiary/aromatic N) is 1. The average molecular weight is 482 g/mol. The number of ether oxygens (including phenoxy) is 1. The van der Waals surface area contributed by atoms with Gasteiger partial charge >= 0.3 is 0 Å². The van der Waals surface area contributed by atoms with Gasteiger partial charge in [0.1, 0.15) is 5.78 Å². The number of ketones is 1. The summed E-state index contributed by atoms with van der Waals surface area (Å²) in [5.74, 6) is -0.178. The van der Waals surface area contributed by atoms with Gasteiger partial charge in [-0.05, 0) is 74.9 Å². The van der Waals surface area contributed by atoms with Crippen LogP contribution in [0.1, 0.15) is 60.1 Å². The van der Waals surface area contributed by atoms with Gasteiger partial charge < -0.3 is 9.64 Å². The second-order valence-corrected chi connectivity index (χ2v) is 10.7. The van der Waals surface area contributed by atoms with Gasteiger partial charge in [-0.15, -0.1) is 0 Å². The summed E-state index contributed by atoms with van der Waals surface area (Å²) < 4.78 is 6.97. The maximum Gasteiger partial charge on any atom is 0.139 e. The molecule has 0 amide bonds. The highest BCUT2D eigenvalue weighted by atomic mass is 16.5. The predicted octanol–water partition coefficient (Wildman–Crippen LogP) is 7.09. The molecule has 0 saturated heterocycles. The molecule has 3 aromatic rings. The van der Waals surface area contributed by atoms with E-state index in [4.69, 9.17) is 4.74 Å². The Hall–Kier alpha value is -3.17. The third kappa shape index (κ3) is 5.79. The van der Waals surface area contributed by atoms with Crippen molar-refractivity contribution in [1.82, 2.24) is 0 Å². The number of aryl methyl sites for hydroxylation is 2. The Labute approximate surface area is 216 Å². The molecular formula is C33H39NO2. The maximum atomic E-state index is 12.8. The molecule has 36 heavy (non-hydrogen) atoms. The van der Waals surface area contributed by atoms with Gasteiger partial charge in [0.05, 0.1) is 17.6 Å². The Kier molecular flexibility index (Phi) is 7.80. The molecule has 1 aliphatic heterocycles. The second-order valence-electron chi connectivity index (χ2n) is 10.7. The molecule has 0 fully saturated rings. The number of hydrogen-bond donors (Lipinski definition) is 0. The molecule has 0 aliphatic carbocycles. The summed E-state index contributed by atoms with van der Waals surface area (Å²) in [5, 5.41) is 0. The zero-order chi connectivity index (χ0) is 25.9. The van der Waals surface area contributed by atoms with Crippen LogP contribution in [0.25, 0.3) is 6.08 Å². The van der Waals surface area contributed by atoms with Gasteiger partial charge in [-0.2, -0.15) is 0 Å². The summed E-state index contributed by atoms with van der Waals surface area (Å²) in [6.45, 7) is 11.0. The Morgan fingerprint density at radius 2 is 1.72 bits per heavy atom. The highest BCUT2D eigenvalue weighted by Crippen LogP contribution is 2.33. The topological polar surface area (TPSA) is 29.5 Å². The average Bonchev–Trinajstić information content (AvgIpc) is 2.83. The zero-order valence-corrected chi connectivity index (χ0v) is 22.5. The first-order valence-electron chi connectivity index (χ1n) is 13.0. The van der Waals surface area contributed by atoms with Crippen molar-refractivity contribution < 1.29 is 9.53 Å². The number of rotatable bonds is 5. The summed E-state index contributed by atoms with van der Waals surface area (Å²) in [6, 6.07) is 23.1. The Bertz CT molecular complexity index is 1250. The summed E-state index contributed by atoms with van der Waals surface area (Å²) in [5.41, 5.74) is 8.15. The largest absolute Gasteiger partial charge is 0.371 e. The number of likely N-dealkylation sites (N-methyl/N-ethyl adjacent to an activating group) is 1. The van der Waals surface area contributed by atoms with E-state index in [2.05, 4.69) is 81.3 Å². The van der Waals surface area contributed by atoms with Crippen molar-refractivity contribution in [2.24, 2.45) is 0 Å². The highest BCUT2D eigenvalue weighted by Gasteiger charge is 2.35. The molecular weight excluding hydrogens is 442 g/mol. The minimum Gasteiger partial charge on any atom is -0.371 e. The Morgan fingerprint density at radius 1 is 1.03 bits per heavy atom. The van der Waals surface area contributed by atoms with Crippen LogP contribution in [0.3, 0.4) is 0 Å². The van der Waals surface area contributed by atoms with Crippen LogP contribution in [0, 0.1) is 13.8 Å². The minimum absolute atomic E-state index is 0.129. The zero-order valence-electron chi connectivity index (χ0n) is 22.5. The molecule has 3 aromatic carbocycles. The molecule has 0 spiro atoms. The van der Waals surface area contributed by atoms with Crippen LogP contribution in [-0.2, 0) is 22.4 Å². The van der Waals surface area contributed by atoms with Gasteiger partial charge in [0.15, 0.2) is 0 Å². The lowest BCUT2D eigenvalue weighted by atomic mass is 9.86. The van der Waals surface area contributed by atoms with Gasteiger partial charge in [0.25, 0.3) is 0 Å². The van der Waals surface area contributed by atoms with Crippen LogP contribution in [0.4, 0.5) is 5.69 Å². The summed E-state index contributed by atoms with van der Waals surface area (Å²) in [7, 11) is 2.14. The van der Waals surface area contributed by atoms with Crippen molar-refractivity contribution in [2.75, 3.05) is 18.5 Å². The number of anilines is 1. The van der Waals surface area contributed by atoms with E-state index in [9.17, 15) is 4.79 Å². The number of carbonyl (C=O) groups is 1. The van der Waals surface area contributed by atoms with Gasteiger partial charge in [0.2, 0.25) is 0 Å². The second kappa shape index (κ2) is 10.8. The maximum absolute atomic E-state index is 12.8. The Morgan fingerprint density at radius 3 is 2.44 bits per heavy atom. The van der Waals surface area contributed by atoms with Crippen LogP contribution in [0.15, 0.2) is 72.8 Å². The molecule has 0 N–H and O–H groups in total. The van der Waals surface area contributed by atoms with Crippen LogP contribution in [-0.4, -0.2) is 31.1 Å². The van der Waals surface area contributed by atoms with Crippen LogP contribution in [0.5, 0.6) is 0 Å². The van der Waals surface area contributed by atoms with Crippen molar-refractivity contribution >= 4 is 17.5 Å². The highest BCUT2D eigenvalue weighted by molar-refractivity contribution is 5.84. The fourth-order valence-corrected chi connectivity index (χ4v) is 5.92. The van der Waals surface area contributed by atoms with Gasteiger partial charge in [-0.25, -0.2) is 0 Å². The van der Waals surface area contributed by atoms with E-state index in [0.29, 0.717) is 6.54 Å². The normalized spacial score (nSPS) is 20.4. The molecule has 0 aromatic heterocycles. The summed E-state index contributed by atoms with van der Waals surface area (Å²) in [6.07, 6.45) is 5.90. The monoisotopic (exact) mass is 481 g/mol. The lowest BCUT2D eigenvalue weighted by Gasteiger charge is -2.40. The molecule has 4 rings (SSSR count). The van der Waals surface area contributed by atoms with Crippen molar-refractivity contribution in [1.29, 1.82) is 0 Å². The first-order chi connectivity index (χ1) is 17.2.